The Kier molecular flexibility index (Phi) is 4.08. The van der Waals surface area contributed by atoms with Gasteiger partial charge in [0.05, 0.1) is 12.5 Å². The molecule has 2 rings (SSSR count). The molecule has 0 amide bonds. The van der Waals surface area contributed by atoms with Crippen molar-refractivity contribution in [1.29, 1.82) is 0 Å². The Balaban J connectivity index is 2.52. The molecule has 0 aromatic carbocycles. The van der Waals surface area contributed by atoms with E-state index in [2.05, 4.69) is 15.3 Å². The Bertz CT molecular complexity index is 669. The van der Waals surface area contributed by atoms with Gasteiger partial charge in [0.2, 0.25) is 5.16 Å². The minimum atomic E-state index is -0.386. The zero-order valence-corrected chi connectivity index (χ0v) is 12.6. The molecule has 0 bridgehead atoms. The number of nitrogens with zero attached hydrogens (tertiary/aromatic N) is 4. The fraction of sp³-hybridized carbons (Fsp3) is 0.385. The Morgan fingerprint density at radius 1 is 1.40 bits per heavy atom. The van der Waals surface area contributed by atoms with Crippen molar-refractivity contribution in [2.45, 2.75) is 31.3 Å². The molecule has 0 unspecified atom stereocenters. The molecular weight excluding hydrogens is 276 g/mol. The van der Waals surface area contributed by atoms with E-state index in [4.69, 9.17) is 4.42 Å². The van der Waals surface area contributed by atoms with Crippen molar-refractivity contribution < 1.29 is 4.42 Å². The van der Waals surface area contributed by atoms with Gasteiger partial charge in [-0.25, -0.2) is 0 Å². The van der Waals surface area contributed by atoms with E-state index in [-0.39, 0.29) is 11.0 Å². The van der Waals surface area contributed by atoms with E-state index in [1.165, 1.54) is 22.7 Å². The second-order valence-electron chi connectivity index (χ2n) is 5.16. The molecule has 2 aromatic rings. The van der Waals surface area contributed by atoms with Crippen LogP contribution in [0.1, 0.15) is 32.2 Å². The van der Waals surface area contributed by atoms with Gasteiger partial charge in [0.25, 0.3) is 5.56 Å². The predicted octanol–water partition coefficient (Wildman–Crippen LogP) is 2.13. The molecule has 2 aromatic heterocycles. The van der Waals surface area contributed by atoms with E-state index in [1.807, 2.05) is 27.0 Å². The molecule has 0 N–H and O–H groups in total. The summed E-state index contributed by atoms with van der Waals surface area (Å²) in [6.07, 6.45) is 4.85. The monoisotopic (exact) mass is 292 g/mol. The summed E-state index contributed by atoms with van der Waals surface area (Å²) in [4.78, 5) is 12.5. The molecule has 0 aliphatic rings. The van der Waals surface area contributed by atoms with Crippen molar-refractivity contribution in [3.05, 3.63) is 40.2 Å². The third-order valence-corrected chi connectivity index (χ3v) is 3.17. The van der Waals surface area contributed by atoms with E-state index < -0.39 is 0 Å². The van der Waals surface area contributed by atoms with E-state index >= 15 is 0 Å². The van der Waals surface area contributed by atoms with Crippen LogP contribution in [-0.2, 0) is 5.41 Å². The van der Waals surface area contributed by atoms with Crippen molar-refractivity contribution >= 4 is 18.0 Å². The minimum Gasteiger partial charge on any atom is -0.463 e. The van der Waals surface area contributed by atoms with Crippen LogP contribution in [0.5, 0.6) is 0 Å². The van der Waals surface area contributed by atoms with Crippen LogP contribution >= 0.6 is 11.8 Å². The van der Waals surface area contributed by atoms with Crippen LogP contribution in [0.2, 0.25) is 0 Å². The lowest BCUT2D eigenvalue weighted by Gasteiger charge is -2.16. The molecule has 0 aliphatic heterocycles. The third kappa shape index (κ3) is 2.98. The second kappa shape index (κ2) is 5.62. The maximum Gasteiger partial charge on any atom is 0.297 e. The molecule has 7 heteroatoms. The molecule has 0 saturated carbocycles. The van der Waals surface area contributed by atoms with Gasteiger partial charge in [-0.1, -0.05) is 32.5 Å². The number of hydrogen-bond donors (Lipinski definition) is 0. The lowest BCUT2D eigenvalue weighted by Crippen LogP contribution is -2.32. The lowest BCUT2D eigenvalue weighted by atomic mass is 9.93. The third-order valence-electron chi connectivity index (χ3n) is 2.55. The molecule has 6 nitrogen and oxygen atoms in total. The summed E-state index contributed by atoms with van der Waals surface area (Å²) >= 11 is 1.31. The van der Waals surface area contributed by atoms with Gasteiger partial charge < -0.3 is 4.42 Å². The van der Waals surface area contributed by atoms with Gasteiger partial charge in [-0.2, -0.15) is 9.78 Å². The number of thioether (sulfide) groups is 1. The highest BCUT2D eigenvalue weighted by Gasteiger charge is 2.23. The van der Waals surface area contributed by atoms with Crippen LogP contribution in [0.25, 0.3) is 0 Å². The van der Waals surface area contributed by atoms with E-state index in [9.17, 15) is 4.79 Å². The fourth-order valence-electron chi connectivity index (χ4n) is 1.54. The van der Waals surface area contributed by atoms with E-state index in [1.54, 1.807) is 18.4 Å². The van der Waals surface area contributed by atoms with Crippen molar-refractivity contribution in [2.24, 2.45) is 5.10 Å². The van der Waals surface area contributed by atoms with Gasteiger partial charge >= 0.3 is 0 Å². The summed E-state index contributed by atoms with van der Waals surface area (Å²) in [5.74, 6) is 0.568. The molecule has 106 valence electrons. The minimum absolute atomic E-state index is 0.264. The average molecular weight is 292 g/mol. The smallest absolute Gasteiger partial charge is 0.297 e. The molecule has 0 fully saturated rings. The van der Waals surface area contributed by atoms with Crippen molar-refractivity contribution in [3.63, 3.8) is 0 Å². The standard InChI is InChI=1S/C13H16N4O2S/c1-13(2,3)10-11(18)17(12(20-4)16-15-10)14-8-9-6-5-7-19-9/h5-8H,1-4H3. The highest BCUT2D eigenvalue weighted by atomic mass is 32.2. The van der Waals surface area contributed by atoms with Gasteiger partial charge in [0, 0.05) is 5.41 Å². The molecule has 2 heterocycles. The van der Waals surface area contributed by atoms with Crippen molar-refractivity contribution in [1.82, 2.24) is 14.9 Å². The second-order valence-corrected chi connectivity index (χ2v) is 5.94. The largest absolute Gasteiger partial charge is 0.463 e. The lowest BCUT2D eigenvalue weighted by molar-refractivity contribution is 0.509. The van der Waals surface area contributed by atoms with Crippen molar-refractivity contribution in [3.8, 4) is 0 Å². The molecule has 0 aliphatic carbocycles. The summed E-state index contributed by atoms with van der Waals surface area (Å²) in [5.41, 5.74) is -0.269. The Labute approximate surface area is 120 Å². The van der Waals surface area contributed by atoms with Gasteiger partial charge in [0.15, 0.2) is 0 Å². The van der Waals surface area contributed by atoms with Gasteiger partial charge in [-0.15, -0.1) is 10.2 Å². The quantitative estimate of drug-likeness (QED) is 0.640. The predicted molar refractivity (Wildman–Crippen MR) is 78.5 cm³/mol. The Hall–Kier alpha value is -1.89. The molecule has 20 heavy (non-hydrogen) atoms. The molecule has 0 atom stereocenters. The van der Waals surface area contributed by atoms with E-state index in [0.717, 1.165) is 0 Å². The van der Waals surface area contributed by atoms with Crippen LogP contribution in [0.3, 0.4) is 0 Å². The molecule has 0 radical (unpaired) electrons. The number of hydrogen-bond acceptors (Lipinski definition) is 6. The first-order chi connectivity index (χ1) is 9.43. The summed E-state index contributed by atoms with van der Waals surface area (Å²) in [5, 5.41) is 12.7. The Morgan fingerprint density at radius 3 is 2.70 bits per heavy atom. The number of aromatic nitrogens is 3. The van der Waals surface area contributed by atoms with Crippen LogP contribution in [-0.4, -0.2) is 27.3 Å². The van der Waals surface area contributed by atoms with Gasteiger partial charge in [-0.05, 0) is 18.4 Å². The fourth-order valence-corrected chi connectivity index (χ4v) is 1.97. The molecule has 0 spiro atoms. The number of furan rings is 1. The van der Waals surface area contributed by atoms with Crippen LogP contribution in [0.4, 0.5) is 0 Å². The van der Waals surface area contributed by atoms with Crippen LogP contribution < -0.4 is 5.56 Å². The average Bonchev–Trinajstić information content (AvgIpc) is 2.88. The Morgan fingerprint density at radius 2 is 2.15 bits per heavy atom. The molecule has 0 saturated heterocycles. The first-order valence-corrected chi connectivity index (χ1v) is 7.28. The summed E-state index contributed by atoms with van der Waals surface area (Å²) in [6.45, 7) is 5.74. The normalized spacial score (nSPS) is 12.2. The molecular formula is C13H16N4O2S. The number of rotatable bonds is 3. The maximum atomic E-state index is 12.5. The highest BCUT2D eigenvalue weighted by Crippen LogP contribution is 2.17. The zero-order valence-electron chi connectivity index (χ0n) is 11.8. The zero-order chi connectivity index (χ0) is 14.8. The maximum absolute atomic E-state index is 12.5. The van der Waals surface area contributed by atoms with Crippen LogP contribution in [0.15, 0.2) is 37.9 Å². The van der Waals surface area contributed by atoms with Gasteiger partial charge in [0.1, 0.15) is 11.5 Å². The van der Waals surface area contributed by atoms with Crippen LogP contribution in [0, 0.1) is 0 Å². The highest BCUT2D eigenvalue weighted by molar-refractivity contribution is 7.98. The first kappa shape index (κ1) is 14.5. The first-order valence-electron chi connectivity index (χ1n) is 6.05. The summed E-state index contributed by atoms with van der Waals surface area (Å²) < 4.78 is 6.41. The summed E-state index contributed by atoms with van der Waals surface area (Å²) in [7, 11) is 0. The van der Waals surface area contributed by atoms with Crippen molar-refractivity contribution in [2.75, 3.05) is 6.26 Å². The summed E-state index contributed by atoms with van der Waals surface area (Å²) in [6, 6.07) is 3.51. The van der Waals surface area contributed by atoms with Gasteiger partial charge in [-0.3, -0.25) is 4.79 Å². The topological polar surface area (TPSA) is 73.3 Å². The van der Waals surface area contributed by atoms with E-state index in [0.29, 0.717) is 16.6 Å². The SMILES string of the molecule is CSc1nnc(C(C)(C)C)c(=O)n1N=Cc1ccco1.